The van der Waals surface area contributed by atoms with Gasteiger partial charge in [0.25, 0.3) is 10.1 Å². The summed E-state index contributed by atoms with van der Waals surface area (Å²) in [6, 6.07) is 5.37. The predicted molar refractivity (Wildman–Crippen MR) is 79.9 cm³/mol. The van der Waals surface area contributed by atoms with E-state index in [1.54, 1.807) is 6.07 Å². The van der Waals surface area contributed by atoms with Crippen LogP contribution in [0.4, 0.5) is 5.69 Å². The van der Waals surface area contributed by atoms with Gasteiger partial charge in [-0.15, -0.1) is 0 Å². The first-order valence-corrected chi connectivity index (χ1v) is 8.38. The molecule has 1 heterocycles. The third-order valence-electron chi connectivity index (χ3n) is 3.40. The predicted octanol–water partition coefficient (Wildman–Crippen LogP) is 1.54. The van der Waals surface area contributed by atoms with Crippen LogP contribution in [0.5, 0.6) is 0 Å². The number of nitrogens with one attached hydrogen (secondary N) is 1. The zero-order chi connectivity index (χ0) is 14.8. The van der Waals surface area contributed by atoms with Gasteiger partial charge in [0, 0.05) is 26.2 Å². The van der Waals surface area contributed by atoms with E-state index in [1.807, 2.05) is 17.0 Å². The maximum absolute atomic E-state index is 11.6. The van der Waals surface area contributed by atoms with Crippen LogP contribution < -0.4 is 10.2 Å². The number of nitrogens with zero attached hydrogens (tertiary/aromatic N) is 1. The Kier molecular flexibility index (Phi) is 4.67. The van der Waals surface area contributed by atoms with Gasteiger partial charge in [0.05, 0.1) is 5.69 Å². The van der Waals surface area contributed by atoms with Crippen molar-refractivity contribution < 1.29 is 13.0 Å². The molecular formula is C14H22N2O3S. The van der Waals surface area contributed by atoms with Crippen molar-refractivity contribution in [2.45, 2.75) is 25.2 Å². The molecule has 1 aromatic carbocycles. The first-order valence-electron chi connectivity index (χ1n) is 6.94. The first kappa shape index (κ1) is 15.3. The largest absolute Gasteiger partial charge is 0.368 e. The van der Waals surface area contributed by atoms with Crippen LogP contribution >= 0.6 is 0 Å². The molecule has 1 aromatic rings. The molecule has 1 aliphatic heterocycles. The van der Waals surface area contributed by atoms with Crippen molar-refractivity contribution in [3.05, 3.63) is 23.8 Å². The molecule has 0 saturated carbocycles. The summed E-state index contributed by atoms with van der Waals surface area (Å²) in [6.07, 6.45) is 0.796. The van der Waals surface area contributed by atoms with Crippen molar-refractivity contribution >= 4 is 15.8 Å². The summed E-state index contributed by atoms with van der Waals surface area (Å²) >= 11 is 0. The molecule has 0 bridgehead atoms. The topological polar surface area (TPSA) is 69.6 Å². The average molecular weight is 298 g/mol. The molecule has 2 rings (SSSR count). The van der Waals surface area contributed by atoms with Crippen LogP contribution in [0.2, 0.25) is 0 Å². The number of hydrogen-bond donors (Lipinski definition) is 2. The molecule has 0 unspecified atom stereocenters. The third kappa shape index (κ3) is 3.71. The van der Waals surface area contributed by atoms with E-state index in [9.17, 15) is 13.0 Å². The molecule has 2 N–H and O–H groups in total. The average Bonchev–Trinajstić information content (AvgIpc) is 2.38. The van der Waals surface area contributed by atoms with Crippen LogP contribution in [0.3, 0.4) is 0 Å². The second-order valence-corrected chi connectivity index (χ2v) is 7.00. The van der Waals surface area contributed by atoms with Gasteiger partial charge in [0.2, 0.25) is 0 Å². The van der Waals surface area contributed by atoms with Crippen molar-refractivity contribution in [3.63, 3.8) is 0 Å². The van der Waals surface area contributed by atoms with Gasteiger partial charge in [0.15, 0.2) is 0 Å². The molecule has 0 spiro atoms. The van der Waals surface area contributed by atoms with E-state index < -0.39 is 10.1 Å². The van der Waals surface area contributed by atoms with E-state index in [1.165, 1.54) is 0 Å². The van der Waals surface area contributed by atoms with Crippen molar-refractivity contribution in [1.82, 2.24) is 5.32 Å². The summed E-state index contributed by atoms with van der Waals surface area (Å²) in [4.78, 5) is 2.02. The summed E-state index contributed by atoms with van der Waals surface area (Å²) in [6.45, 7) is 7.28. The lowest BCUT2D eigenvalue weighted by Gasteiger charge is -2.30. The highest BCUT2D eigenvalue weighted by Gasteiger charge is 2.21. The first-order chi connectivity index (χ1) is 9.38. The van der Waals surface area contributed by atoms with Gasteiger partial charge in [-0.05, 0) is 30.0 Å². The second-order valence-electron chi connectivity index (χ2n) is 5.61. The zero-order valence-corrected chi connectivity index (χ0v) is 12.8. The molecule has 0 radical (unpaired) electrons. The van der Waals surface area contributed by atoms with Gasteiger partial charge in [-0.1, -0.05) is 19.9 Å². The van der Waals surface area contributed by atoms with E-state index in [4.69, 9.17) is 0 Å². The molecule has 1 aliphatic rings. The number of anilines is 1. The summed E-state index contributed by atoms with van der Waals surface area (Å²) in [5.41, 5.74) is 1.54. The van der Waals surface area contributed by atoms with Crippen LogP contribution in [0.15, 0.2) is 23.1 Å². The zero-order valence-electron chi connectivity index (χ0n) is 12.0. The Hall–Kier alpha value is -1.11. The van der Waals surface area contributed by atoms with E-state index >= 15 is 0 Å². The third-order valence-corrected chi connectivity index (χ3v) is 4.29. The highest BCUT2D eigenvalue weighted by molar-refractivity contribution is 7.86. The SMILES string of the molecule is CC(C)Cc1ccc(N2CCNCC2)c(S(=O)(=O)O)c1. The molecule has 1 saturated heterocycles. The summed E-state index contributed by atoms with van der Waals surface area (Å²) in [7, 11) is -4.20. The quantitative estimate of drug-likeness (QED) is 0.825. The number of rotatable bonds is 4. The van der Waals surface area contributed by atoms with Gasteiger partial charge >= 0.3 is 0 Å². The molecule has 112 valence electrons. The minimum absolute atomic E-state index is 0.0255. The lowest BCUT2D eigenvalue weighted by Crippen LogP contribution is -2.44. The second kappa shape index (κ2) is 6.11. The molecule has 0 aliphatic carbocycles. The Labute approximate surface area is 120 Å². The van der Waals surface area contributed by atoms with E-state index in [2.05, 4.69) is 19.2 Å². The fourth-order valence-electron chi connectivity index (χ4n) is 2.53. The monoisotopic (exact) mass is 298 g/mol. The lowest BCUT2D eigenvalue weighted by atomic mass is 10.0. The molecule has 0 amide bonds. The van der Waals surface area contributed by atoms with E-state index in [-0.39, 0.29) is 4.90 Å². The van der Waals surface area contributed by atoms with Gasteiger partial charge < -0.3 is 10.2 Å². The molecule has 20 heavy (non-hydrogen) atoms. The van der Waals surface area contributed by atoms with Gasteiger partial charge in [-0.25, -0.2) is 0 Å². The van der Waals surface area contributed by atoms with Crippen LogP contribution in [0.25, 0.3) is 0 Å². The van der Waals surface area contributed by atoms with Crippen molar-refractivity contribution in [3.8, 4) is 0 Å². The van der Waals surface area contributed by atoms with Crippen LogP contribution in [0, 0.1) is 5.92 Å². The molecule has 0 atom stereocenters. The summed E-state index contributed by atoms with van der Waals surface area (Å²) < 4.78 is 32.8. The number of benzene rings is 1. The van der Waals surface area contributed by atoms with Crippen LogP contribution in [-0.2, 0) is 16.5 Å². The van der Waals surface area contributed by atoms with Gasteiger partial charge in [0.1, 0.15) is 4.90 Å². The van der Waals surface area contributed by atoms with Gasteiger partial charge in [-0.3, -0.25) is 4.55 Å². The van der Waals surface area contributed by atoms with Gasteiger partial charge in [-0.2, -0.15) is 8.42 Å². The Bertz CT molecular complexity index is 564. The van der Waals surface area contributed by atoms with Crippen molar-refractivity contribution in [2.75, 3.05) is 31.1 Å². The molecular weight excluding hydrogens is 276 g/mol. The Balaban J connectivity index is 2.40. The van der Waals surface area contributed by atoms with Crippen LogP contribution in [-0.4, -0.2) is 39.1 Å². The fraction of sp³-hybridized carbons (Fsp3) is 0.571. The number of hydrogen-bond acceptors (Lipinski definition) is 4. The highest BCUT2D eigenvalue weighted by atomic mass is 32.2. The summed E-state index contributed by atoms with van der Waals surface area (Å²) in [5, 5.41) is 3.23. The fourth-order valence-corrected chi connectivity index (χ4v) is 3.29. The normalized spacial score (nSPS) is 16.7. The molecule has 6 heteroatoms. The molecule has 1 fully saturated rings. The minimum Gasteiger partial charge on any atom is -0.368 e. The Morgan fingerprint density at radius 1 is 1.30 bits per heavy atom. The minimum atomic E-state index is -4.20. The van der Waals surface area contributed by atoms with Crippen molar-refractivity contribution in [1.29, 1.82) is 0 Å². The molecule has 0 aromatic heterocycles. The maximum atomic E-state index is 11.6. The standard InChI is InChI=1S/C14H22N2O3S/c1-11(2)9-12-3-4-13(14(10-12)20(17,18)19)16-7-5-15-6-8-16/h3-4,10-11,15H,5-9H2,1-2H3,(H,17,18,19). The Morgan fingerprint density at radius 3 is 2.50 bits per heavy atom. The van der Waals surface area contributed by atoms with E-state index in [0.29, 0.717) is 11.6 Å². The number of piperazine rings is 1. The lowest BCUT2D eigenvalue weighted by molar-refractivity contribution is 0.482. The highest BCUT2D eigenvalue weighted by Crippen LogP contribution is 2.27. The van der Waals surface area contributed by atoms with E-state index in [0.717, 1.165) is 38.2 Å². The Morgan fingerprint density at radius 2 is 1.95 bits per heavy atom. The smallest absolute Gasteiger partial charge is 0.296 e. The van der Waals surface area contributed by atoms with Crippen LogP contribution in [0.1, 0.15) is 19.4 Å². The maximum Gasteiger partial charge on any atom is 0.296 e. The van der Waals surface area contributed by atoms with Crippen molar-refractivity contribution in [2.24, 2.45) is 5.92 Å². The summed E-state index contributed by atoms with van der Waals surface area (Å²) in [5.74, 6) is 0.439. The molecule has 5 nitrogen and oxygen atoms in total.